The lowest BCUT2D eigenvalue weighted by atomic mass is 9.84. The molecule has 0 aliphatic heterocycles. The van der Waals surface area contributed by atoms with Crippen molar-refractivity contribution in [3.63, 3.8) is 0 Å². The second-order valence-corrected chi connectivity index (χ2v) is 6.84. The van der Waals surface area contributed by atoms with Crippen LogP contribution in [0.1, 0.15) is 29.6 Å². The molecule has 0 radical (unpaired) electrons. The van der Waals surface area contributed by atoms with E-state index in [0.29, 0.717) is 11.3 Å². The van der Waals surface area contributed by atoms with Gasteiger partial charge in [0, 0.05) is 16.2 Å². The summed E-state index contributed by atoms with van der Waals surface area (Å²) < 4.78 is 0.805. The van der Waals surface area contributed by atoms with Crippen molar-refractivity contribution in [2.75, 3.05) is 5.73 Å². The van der Waals surface area contributed by atoms with Gasteiger partial charge in [0.2, 0.25) is 0 Å². The predicted molar refractivity (Wildman–Crippen MR) is 81.8 cm³/mol. The van der Waals surface area contributed by atoms with E-state index >= 15 is 0 Å². The van der Waals surface area contributed by atoms with Gasteiger partial charge in [-0.1, -0.05) is 15.9 Å². The minimum atomic E-state index is -0.809. The van der Waals surface area contributed by atoms with E-state index in [1.807, 2.05) is 0 Å². The van der Waals surface area contributed by atoms with E-state index in [4.69, 9.17) is 5.73 Å². The molecule has 2 aliphatic carbocycles. The third kappa shape index (κ3) is 2.52. The fourth-order valence-corrected chi connectivity index (χ4v) is 4.20. The van der Waals surface area contributed by atoms with Gasteiger partial charge in [-0.3, -0.25) is 9.59 Å². The van der Waals surface area contributed by atoms with Crippen LogP contribution < -0.4 is 11.1 Å². The Kier molecular flexibility index (Phi) is 3.65. The molecular formula is C15H17BrN2O3. The number of fused-ring (bicyclic) bond motifs is 2. The third-order valence-corrected chi connectivity index (χ3v) is 5.25. The number of carbonyl (C=O) groups is 2. The summed E-state index contributed by atoms with van der Waals surface area (Å²) in [5.41, 5.74) is 6.64. The van der Waals surface area contributed by atoms with E-state index in [-0.39, 0.29) is 23.8 Å². The van der Waals surface area contributed by atoms with Gasteiger partial charge in [-0.2, -0.15) is 0 Å². The molecule has 5 nitrogen and oxygen atoms in total. The van der Waals surface area contributed by atoms with Crippen LogP contribution in [0.25, 0.3) is 0 Å². The van der Waals surface area contributed by atoms with Crippen LogP contribution in [0.2, 0.25) is 0 Å². The number of nitrogens with two attached hydrogens (primary N) is 1. The first-order valence-corrected chi connectivity index (χ1v) is 7.85. The molecule has 2 fully saturated rings. The van der Waals surface area contributed by atoms with Crippen molar-refractivity contribution in [2.45, 2.75) is 25.3 Å². The summed E-state index contributed by atoms with van der Waals surface area (Å²) in [5, 5.41) is 12.3. The molecule has 1 amide bonds. The smallest absolute Gasteiger partial charge is 0.308 e. The molecule has 0 heterocycles. The van der Waals surface area contributed by atoms with Crippen molar-refractivity contribution < 1.29 is 14.7 Å². The minimum absolute atomic E-state index is 0.195. The van der Waals surface area contributed by atoms with Gasteiger partial charge < -0.3 is 16.2 Å². The van der Waals surface area contributed by atoms with Crippen LogP contribution >= 0.6 is 15.9 Å². The standard InChI is InChI=1S/C15H17BrN2O3/c16-9-3-4-10(11(17)6-9)14(19)18-13-8-2-1-7(5-8)12(13)15(20)21/h3-4,6-8,12-13H,1-2,5,17H2,(H,18,19)(H,20,21). The zero-order valence-corrected chi connectivity index (χ0v) is 13.0. The fourth-order valence-electron chi connectivity index (χ4n) is 3.82. The highest BCUT2D eigenvalue weighted by Crippen LogP contribution is 2.48. The van der Waals surface area contributed by atoms with Crippen LogP contribution in [0, 0.1) is 17.8 Å². The molecule has 2 aliphatic rings. The number of nitrogens with one attached hydrogen (secondary N) is 1. The Labute approximate surface area is 131 Å². The summed E-state index contributed by atoms with van der Waals surface area (Å²) in [6.07, 6.45) is 2.85. The van der Waals surface area contributed by atoms with Crippen molar-refractivity contribution in [3.05, 3.63) is 28.2 Å². The number of amides is 1. The van der Waals surface area contributed by atoms with Gasteiger partial charge in [-0.25, -0.2) is 0 Å². The molecule has 2 bridgehead atoms. The fraction of sp³-hybridized carbons (Fsp3) is 0.467. The lowest BCUT2D eigenvalue weighted by Crippen LogP contribution is -2.46. The van der Waals surface area contributed by atoms with E-state index in [9.17, 15) is 14.7 Å². The van der Waals surface area contributed by atoms with Gasteiger partial charge >= 0.3 is 5.97 Å². The number of aliphatic carboxylic acids is 1. The number of benzene rings is 1. The van der Waals surface area contributed by atoms with Gasteiger partial charge in [0.05, 0.1) is 11.5 Å². The number of halogens is 1. The first kappa shape index (κ1) is 14.4. The van der Waals surface area contributed by atoms with Gasteiger partial charge in [0.1, 0.15) is 0 Å². The summed E-state index contributed by atoms with van der Waals surface area (Å²) >= 11 is 3.30. The number of nitrogen functional groups attached to an aromatic ring is 1. The maximum atomic E-state index is 12.4. The highest BCUT2D eigenvalue weighted by molar-refractivity contribution is 9.10. The Morgan fingerprint density at radius 1 is 1.29 bits per heavy atom. The predicted octanol–water partition coefficient (Wildman–Crippen LogP) is 2.26. The molecule has 0 aromatic heterocycles. The highest BCUT2D eigenvalue weighted by Gasteiger charge is 2.51. The molecule has 4 N–H and O–H groups in total. The lowest BCUT2D eigenvalue weighted by molar-refractivity contribution is -0.144. The van der Waals surface area contributed by atoms with E-state index < -0.39 is 11.9 Å². The topological polar surface area (TPSA) is 92.4 Å². The van der Waals surface area contributed by atoms with Gasteiger partial charge in [-0.05, 0) is 49.3 Å². The second-order valence-electron chi connectivity index (χ2n) is 5.93. The Balaban J connectivity index is 1.79. The molecular weight excluding hydrogens is 336 g/mol. The summed E-state index contributed by atoms with van der Waals surface area (Å²) in [6, 6.07) is 4.79. The molecule has 2 saturated carbocycles. The second kappa shape index (κ2) is 5.33. The third-order valence-electron chi connectivity index (χ3n) is 4.76. The molecule has 112 valence electrons. The first-order chi connectivity index (χ1) is 9.97. The monoisotopic (exact) mass is 352 g/mol. The van der Waals surface area contributed by atoms with Crippen molar-refractivity contribution in [1.29, 1.82) is 0 Å². The van der Waals surface area contributed by atoms with Crippen LogP contribution in [0.5, 0.6) is 0 Å². The summed E-state index contributed by atoms with van der Waals surface area (Å²) in [4.78, 5) is 23.8. The van der Waals surface area contributed by atoms with Crippen LogP contribution in [-0.2, 0) is 4.79 Å². The van der Waals surface area contributed by atoms with E-state index in [1.165, 1.54) is 0 Å². The highest BCUT2D eigenvalue weighted by atomic mass is 79.9. The van der Waals surface area contributed by atoms with Crippen LogP contribution in [0.4, 0.5) is 5.69 Å². The Morgan fingerprint density at radius 2 is 2.00 bits per heavy atom. The number of hydrogen-bond acceptors (Lipinski definition) is 3. The van der Waals surface area contributed by atoms with Gasteiger partial charge in [0.15, 0.2) is 0 Å². The number of carbonyl (C=O) groups excluding carboxylic acids is 1. The van der Waals surface area contributed by atoms with Crippen molar-refractivity contribution in [2.24, 2.45) is 17.8 Å². The molecule has 0 saturated heterocycles. The Morgan fingerprint density at radius 3 is 2.67 bits per heavy atom. The van der Waals surface area contributed by atoms with E-state index in [0.717, 1.165) is 23.7 Å². The zero-order valence-electron chi connectivity index (χ0n) is 11.4. The average molecular weight is 353 g/mol. The summed E-state index contributed by atoms with van der Waals surface area (Å²) in [5.74, 6) is -1.10. The quantitative estimate of drug-likeness (QED) is 0.727. The van der Waals surface area contributed by atoms with E-state index in [2.05, 4.69) is 21.2 Å². The zero-order chi connectivity index (χ0) is 15.1. The van der Waals surface area contributed by atoms with Crippen molar-refractivity contribution >= 4 is 33.5 Å². The first-order valence-electron chi connectivity index (χ1n) is 7.06. The SMILES string of the molecule is Nc1cc(Br)ccc1C(=O)NC1C2CCC(C2)C1C(=O)O. The van der Waals surface area contributed by atoms with Crippen LogP contribution in [0.15, 0.2) is 22.7 Å². The van der Waals surface area contributed by atoms with E-state index in [1.54, 1.807) is 18.2 Å². The molecule has 21 heavy (non-hydrogen) atoms. The Hall–Kier alpha value is -1.56. The number of hydrogen-bond donors (Lipinski definition) is 3. The average Bonchev–Trinajstić information content (AvgIpc) is 2.98. The minimum Gasteiger partial charge on any atom is -0.481 e. The molecule has 1 aromatic rings. The number of anilines is 1. The summed E-state index contributed by atoms with van der Waals surface area (Å²) in [6.45, 7) is 0. The lowest BCUT2D eigenvalue weighted by Gasteiger charge is -2.29. The normalized spacial score (nSPS) is 30.3. The molecule has 3 rings (SSSR count). The van der Waals surface area contributed by atoms with Crippen LogP contribution in [-0.4, -0.2) is 23.0 Å². The molecule has 1 aromatic carbocycles. The summed E-state index contributed by atoms with van der Waals surface area (Å²) in [7, 11) is 0. The largest absolute Gasteiger partial charge is 0.481 e. The number of carboxylic acid groups (broad SMARTS) is 1. The maximum absolute atomic E-state index is 12.4. The van der Waals surface area contributed by atoms with Gasteiger partial charge in [-0.15, -0.1) is 0 Å². The number of carboxylic acids is 1. The maximum Gasteiger partial charge on any atom is 0.308 e. The van der Waals surface area contributed by atoms with Crippen molar-refractivity contribution in [1.82, 2.24) is 5.32 Å². The van der Waals surface area contributed by atoms with Crippen molar-refractivity contribution in [3.8, 4) is 0 Å². The van der Waals surface area contributed by atoms with Gasteiger partial charge in [0.25, 0.3) is 5.91 Å². The molecule has 4 atom stereocenters. The Bertz CT molecular complexity index is 605. The molecule has 6 heteroatoms. The molecule has 0 spiro atoms. The number of rotatable bonds is 3. The van der Waals surface area contributed by atoms with Crippen LogP contribution in [0.3, 0.4) is 0 Å². The molecule has 4 unspecified atom stereocenters.